The molecule has 3 aromatic heterocycles. The number of phenols is 1. The minimum atomic E-state index is -0.222. The number of hydrogen-bond donors (Lipinski definition) is 1. The molecule has 0 unspecified atom stereocenters. The summed E-state index contributed by atoms with van der Waals surface area (Å²) in [7, 11) is 0. The van der Waals surface area contributed by atoms with E-state index in [9.17, 15) is 5.11 Å². The van der Waals surface area contributed by atoms with Crippen LogP contribution in [0.25, 0.3) is 38.5 Å². The van der Waals surface area contributed by atoms with Gasteiger partial charge in [-0.05, 0) is 46.7 Å². The van der Waals surface area contributed by atoms with Gasteiger partial charge in [-0.2, -0.15) is 6.07 Å². The van der Waals surface area contributed by atoms with Crippen LogP contribution >= 0.6 is 0 Å². The first-order valence-electron chi connectivity index (χ1n) is 13.2. The van der Waals surface area contributed by atoms with E-state index in [1.54, 1.807) is 12.1 Å². The van der Waals surface area contributed by atoms with Gasteiger partial charge in [-0.15, -0.1) is 17.0 Å². The number of benzene rings is 3. The number of aromatic nitrogens is 3. The van der Waals surface area contributed by atoms with Gasteiger partial charge >= 0.3 is 0 Å². The third-order valence-corrected chi connectivity index (χ3v) is 7.20. The van der Waals surface area contributed by atoms with Crippen molar-refractivity contribution in [3.05, 3.63) is 96.2 Å². The molecule has 1 N–H and O–H groups in total. The van der Waals surface area contributed by atoms with Crippen LogP contribution in [0.1, 0.15) is 52.7 Å². The molecule has 0 bridgehead atoms. The van der Waals surface area contributed by atoms with Gasteiger partial charge in [-0.1, -0.05) is 82.8 Å². The second-order valence-electron chi connectivity index (χ2n) is 12.1. The zero-order valence-corrected chi connectivity index (χ0v) is 25.8. The Morgan fingerprint density at radius 1 is 0.825 bits per heavy atom. The van der Waals surface area contributed by atoms with E-state index in [0.29, 0.717) is 17.1 Å². The van der Waals surface area contributed by atoms with Crippen LogP contribution < -0.4 is 4.74 Å². The molecule has 3 heterocycles. The summed E-state index contributed by atoms with van der Waals surface area (Å²) < 4.78 is 8.61. The van der Waals surface area contributed by atoms with E-state index < -0.39 is 0 Å². The fourth-order valence-electron chi connectivity index (χ4n) is 5.07. The Hall–Kier alpha value is -3.69. The normalized spacial score (nSPS) is 12.2. The van der Waals surface area contributed by atoms with Gasteiger partial charge in [0.2, 0.25) is 5.88 Å². The van der Waals surface area contributed by atoms with Crippen LogP contribution in [0, 0.1) is 6.07 Å². The molecule has 5 nitrogen and oxygen atoms in total. The molecule has 206 valence electrons. The quantitative estimate of drug-likeness (QED) is 0.187. The molecule has 0 aliphatic heterocycles. The summed E-state index contributed by atoms with van der Waals surface area (Å²) in [5.41, 5.74) is 4.55. The summed E-state index contributed by atoms with van der Waals surface area (Å²) in [5, 5.41) is 13.5. The molecule has 0 saturated heterocycles. The first-order valence-corrected chi connectivity index (χ1v) is 13.2. The van der Waals surface area contributed by atoms with Crippen molar-refractivity contribution >= 4 is 32.7 Å². The average molecular weight is 710 g/mol. The van der Waals surface area contributed by atoms with E-state index in [1.807, 2.05) is 42.6 Å². The molecule has 0 saturated carbocycles. The fourth-order valence-corrected chi connectivity index (χ4v) is 5.07. The van der Waals surface area contributed by atoms with Crippen LogP contribution in [-0.4, -0.2) is 19.6 Å². The maximum absolute atomic E-state index is 10.4. The van der Waals surface area contributed by atoms with Crippen LogP contribution in [0.3, 0.4) is 0 Å². The second kappa shape index (κ2) is 10.0. The van der Waals surface area contributed by atoms with Crippen molar-refractivity contribution in [2.75, 3.05) is 0 Å². The molecular weight excluding hydrogens is 677 g/mol. The standard InChI is InChI=1S/C34H32N3O2.Pt/c1-33(2,3)22-14-15-26-23(18-22)24-19-25(34(4,5)6)29(20-27(24)37(26)30-12-7-8-17-35-30)39-31-16-13-21-10-9-11-28(38)32(21)36-31;/h7-19,38H,1-6H3;/q-1;. The molecule has 0 aliphatic rings. The van der Waals surface area contributed by atoms with Crippen LogP contribution in [0.4, 0.5) is 0 Å². The number of ether oxygens (including phenoxy) is 1. The Balaban J connectivity index is 0.00000323. The smallest absolute Gasteiger partial charge is 0.217 e. The van der Waals surface area contributed by atoms with Gasteiger partial charge in [0.25, 0.3) is 0 Å². The van der Waals surface area contributed by atoms with Gasteiger partial charge in [-0.3, -0.25) is 0 Å². The molecule has 0 atom stereocenters. The van der Waals surface area contributed by atoms with E-state index in [0.717, 1.165) is 38.6 Å². The number of phenolic OH excluding ortho intramolecular Hbond substituents is 1. The molecule has 40 heavy (non-hydrogen) atoms. The molecular formula is C34H32N3O2Pt-. The van der Waals surface area contributed by atoms with Gasteiger partial charge in [0, 0.05) is 50.0 Å². The monoisotopic (exact) mass is 709 g/mol. The average Bonchev–Trinajstić information content (AvgIpc) is 3.21. The van der Waals surface area contributed by atoms with Crippen molar-refractivity contribution in [1.29, 1.82) is 0 Å². The SMILES string of the molecule is CC(C)(C)c1ccc2c(c1)c1cc(C(C)(C)C)c(Oc3ccc4cccc(O)c4n3)[c-]c1n2-c1ccccn1.[Pt]. The summed E-state index contributed by atoms with van der Waals surface area (Å²) in [5.74, 6) is 1.95. The number of rotatable bonds is 3. The van der Waals surface area contributed by atoms with Gasteiger partial charge in [-0.25, -0.2) is 9.97 Å². The van der Waals surface area contributed by atoms with Crippen LogP contribution in [0.2, 0.25) is 0 Å². The summed E-state index contributed by atoms with van der Waals surface area (Å²) in [4.78, 5) is 9.31. The van der Waals surface area contributed by atoms with Gasteiger partial charge in [0.05, 0.1) is 0 Å². The second-order valence-corrected chi connectivity index (χ2v) is 12.1. The Kier molecular flexibility index (Phi) is 7.00. The molecule has 0 radical (unpaired) electrons. The molecule has 0 amide bonds. The van der Waals surface area contributed by atoms with Crippen molar-refractivity contribution < 1.29 is 30.9 Å². The summed E-state index contributed by atoms with van der Waals surface area (Å²) >= 11 is 0. The molecule has 0 spiro atoms. The number of aromatic hydroxyl groups is 1. The Labute approximate surface area is 249 Å². The number of pyridine rings is 2. The third kappa shape index (κ3) is 4.88. The first-order chi connectivity index (χ1) is 18.5. The van der Waals surface area contributed by atoms with E-state index in [1.165, 1.54) is 5.56 Å². The van der Waals surface area contributed by atoms with Crippen LogP contribution in [-0.2, 0) is 31.9 Å². The van der Waals surface area contributed by atoms with Crippen molar-refractivity contribution in [3.8, 4) is 23.2 Å². The number of hydrogen-bond acceptors (Lipinski definition) is 4. The van der Waals surface area contributed by atoms with E-state index >= 15 is 0 Å². The minimum Gasteiger partial charge on any atom is -0.506 e. The van der Waals surface area contributed by atoms with Crippen LogP contribution in [0.5, 0.6) is 17.4 Å². The molecule has 6 aromatic rings. The van der Waals surface area contributed by atoms with Gasteiger partial charge in [0.1, 0.15) is 17.1 Å². The Morgan fingerprint density at radius 3 is 2.33 bits per heavy atom. The minimum absolute atomic E-state index is 0. The first kappa shape index (κ1) is 27.9. The number of nitrogens with zero attached hydrogens (tertiary/aromatic N) is 3. The van der Waals surface area contributed by atoms with E-state index in [4.69, 9.17) is 4.74 Å². The third-order valence-electron chi connectivity index (χ3n) is 7.20. The topological polar surface area (TPSA) is 60.2 Å². The van der Waals surface area contributed by atoms with Gasteiger partial charge < -0.3 is 14.4 Å². The molecule has 6 rings (SSSR count). The van der Waals surface area contributed by atoms with Crippen molar-refractivity contribution in [2.24, 2.45) is 0 Å². The largest absolute Gasteiger partial charge is 0.506 e. The Bertz CT molecular complexity index is 1860. The fraction of sp³-hybridized carbons (Fsp3) is 0.235. The van der Waals surface area contributed by atoms with Gasteiger partial charge in [0.15, 0.2) is 0 Å². The maximum atomic E-state index is 10.4. The predicted molar refractivity (Wildman–Crippen MR) is 158 cm³/mol. The predicted octanol–water partition coefficient (Wildman–Crippen LogP) is 8.62. The summed E-state index contributed by atoms with van der Waals surface area (Å²) in [6.45, 7) is 13.2. The van der Waals surface area contributed by atoms with Crippen molar-refractivity contribution in [2.45, 2.75) is 52.4 Å². The van der Waals surface area contributed by atoms with Crippen molar-refractivity contribution in [3.63, 3.8) is 0 Å². The molecule has 6 heteroatoms. The molecule has 0 aliphatic carbocycles. The molecule has 3 aromatic carbocycles. The summed E-state index contributed by atoms with van der Waals surface area (Å²) in [6, 6.07) is 27.6. The van der Waals surface area contributed by atoms with E-state index in [-0.39, 0.29) is 37.6 Å². The molecule has 0 fully saturated rings. The zero-order chi connectivity index (χ0) is 27.5. The number of para-hydroxylation sites is 1. The Morgan fingerprint density at radius 2 is 1.62 bits per heavy atom. The maximum Gasteiger partial charge on any atom is 0.217 e. The summed E-state index contributed by atoms with van der Waals surface area (Å²) in [6.07, 6.45) is 1.81. The van der Waals surface area contributed by atoms with Crippen molar-refractivity contribution in [1.82, 2.24) is 14.5 Å². The van der Waals surface area contributed by atoms with Crippen LogP contribution in [0.15, 0.2) is 79.0 Å². The number of fused-ring (bicyclic) bond motifs is 4. The van der Waals surface area contributed by atoms with E-state index in [2.05, 4.69) is 86.4 Å². The zero-order valence-electron chi connectivity index (χ0n) is 23.5.